The molecule has 1 saturated heterocycles. The van der Waals surface area contributed by atoms with E-state index in [1.807, 2.05) is 0 Å². The van der Waals surface area contributed by atoms with Crippen molar-refractivity contribution < 1.29 is 9.18 Å². The Bertz CT molecular complexity index is 407. The van der Waals surface area contributed by atoms with Gasteiger partial charge in [-0.2, -0.15) is 0 Å². The van der Waals surface area contributed by atoms with Gasteiger partial charge in [-0.25, -0.2) is 4.39 Å². The molecule has 86 valence electrons. The quantitative estimate of drug-likeness (QED) is 0.894. The van der Waals surface area contributed by atoms with Crippen LogP contribution in [0.2, 0.25) is 0 Å². The highest BCUT2D eigenvalue weighted by atomic mass is 79.9. The molecule has 0 aliphatic carbocycles. The van der Waals surface area contributed by atoms with Crippen molar-refractivity contribution in [2.75, 3.05) is 18.4 Å². The van der Waals surface area contributed by atoms with E-state index in [0.29, 0.717) is 22.5 Å². The SMILES string of the molecule is O=C(CC1CNC1)Nc1ccc(Br)c(F)c1. The fraction of sp³-hybridized carbons (Fsp3) is 0.364. The lowest BCUT2D eigenvalue weighted by atomic mass is 9.99. The van der Waals surface area contributed by atoms with Crippen LogP contribution in [0.3, 0.4) is 0 Å². The molecule has 0 radical (unpaired) electrons. The van der Waals surface area contributed by atoms with E-state index in [0.717, 1.165) is 13.1 Å². The van der Waals surface area contributed by atoms with Crippen LogP contribution < -0.4 is 10.6 Å². The van der Waals surface area contributed by atoms with Crippen LogP contribution in [0.5, 0.6) is 0 Å². The van der Waals surface area contributed by atoms with Crippen LogP contribution in [0.15, 0.2) is 22.7 Å². The molecule has 3 nitrogen and oxygen atoms in total. The second kappa shape index (κ2) is 4.93. The lowest BCUT2D eigenvalue weighted by Crippen LogP contribution is -2.43. The molecule has 1 fully saturated rings. The van der Waals surface area contributed by atoms with E-state index in [-0.39, 0.29) is 11.7 Å². The molecule has 2 rings (SSSR count). The third kappa shape index (κ3) is 2.80. The average molecular weight is 287 g/mol. The summed E-state index contributed by atoms with van der Waals surface area (Å²) in [6.07, 6.45) is 0.491. The van der Waals surface area contributed by atoms with Gasteiger partial charge in [-0.3, -0.25) is 4.79 Å². The number of carbonyl (C=O) groups excluding carboxylic acids is 1. The summed E-state index contributed by atoms with van der Waals surface area (Å²) in [6.45, 7) is 1.78. The predicted molar refractivity (Wildman–Crippen MR) is 63.7 cm³/mol. The number of hydrogen-bond donors (Lipinski definition) is 2. The molecule has 1 aliphatic heterocycles. The lowest BCUT2D eigenvalue weighted by Gasteiger charge is -2.26. The number of benzene rings is 1. The van der Waals surface area contributed by atoms with Crippen molar-refractivity contribution in [1.82, 2.24) is 5.32 Å². The van der Waals surface area contributed by atoms with Crippen LogP contribution in [-0.2, 0) is 4.79 Å². The second-order valence-corrected chi connectivity index (χ2v) is 4.76. The van der Waals surface area contributed by atoms with Crippen LogP contribution in [-0.4, -0.2) is 19.0 Å². The molecule has 1 aromatic rings. The molecular formula is C11H12BrFN2O. The number of halogens is 2. The molecule has 0 bridgehead atoms. The third-order valence-corrected chi connectivity index (χ3v) is 3.19. The van der Waals surface area contributed by atoms with Crippen molar-refractivity contribution in [3.8, 4) is 0 Å². The van der Waals surface area contributed by atoms with Gasteiger partial charge in [0.2, 0.25) is 5.91 Å². The van der Waals surface area contributed by atoms with Crippen molar-refractivity contribution in [1.29, 1.82) is 0 Å². The Hall–Kier alpha value is -0.940. The van der Waals surface area contributed by atoms with Crippen molar-refractivity contribution >= 4 is 27.5 Å². The molecule has 1 aromatic carbocycles. The lowest BCUT2D eigenvalue weighted by molar-refractivity contribution is -0.117. The average Bonchev–Trinajstić information content (AvgIpc) is 2.18. The predicted octanol–water partition coefficient (Wildman–Crippen LogP) is 2.14. The molecular weight excluding hydrogens is 275 g/mol. The fourth-order valence-electron chi connectivity index (χ4n) is 1.54. The van der Waals surface area contributed by atoms with Crippen LogP contribution in [0.25, 0.3) is 0 Å². The summed E-state index contributed by atoms with van der Waals surface area (Å²) in [5.41, 5.74) is 0.498. The van der Waals surface area contributed by atoms with Gasteiger partial charge in [0, 0.05) is 12.1 Å². The van der Waals surface area contributed by atoms with Gasteiger partial charge in [-0.05, 0) is 53.1 Å². The highest BCUT2D eigenvalue weighted by Crippen LogP contribution is 2.20. The molecule has 0 aromatic heterocycles. The van der Waals surface area contributed by atoms with E-state index in [4.69, 9.17) is 0 Å². The molecule has 0 saturated carbocycles. The van der Waals surface area contributed by atoms with Crippen molar-refractivity contribution in [2.24, 2.45) is 5.92 Å². The van der Waals surface area contributed by atoms with Crippen LogP contribution >= 0.6 is 15.9 Å². The molecule has 16 heavy (non-hydrogen) atoms. The number of hydrogen-bond acceptors (Lipinski definition) is 2. The zero-order valence-corrected chi connectivity index (χ0v) is 10.2. The topological polar surface area (TPSA) is 41.1 Å². The summed E-state index contributed by atoms with van der Waals surface area (Å²) in [5, 5.41) is 5.78. The molecule has 0 spiro atoms. The standard InChI is InChI=1S/C11H12BrFN2O/c12-9-2-1-8(4-10(9)13)15-11(16)3-7-5-14-6-7/h1-2,4,7,14H,3,5-6H2,(H,15,16). The largest absolute Gasteiger partial charge is 0.326 e. The Morgan fingerprint density at radius 2 is 2.31 bits per heavy atom. The minimum Gasteiger partial charge on any atom is -0.326 e. The minimum absolute atomic E-state index is 0.0618. The first-order valence-electron chi connectivity index (χ1n) is 5.11. The van der Waals surface area contributed by atoms with Gasteiger partial charge < -0.3 is 10.6 Å². The van der Waals surface area contributed by atoms with Crippen LogP contribution in [0.4, 0.5) is 10.1 Å². The maximum absolute atomic E-state index is 13.2. The number of carbonyl (C=O) groups is 1. The zero-order valence-electron chi connectivity index (χ0n) is 8.59. The Kier molecular flexibility index (Phi) is 3.56. The number of rotatable bonds is 3. The van der Waals surface area contributed by atoms with E-state index < -0.39 is 0 Å². The normalized spacial score (nSPS) is 15.6. The Morgan fingerprint density at radius 1 is 1.56 bits per heavy atom. The van der Waals surface area contributed by atoms with E-state index >= 15 is 0 Å². The smallest absolute Gasteiger partial charge is 0.224 e. The highest BCUT2D eigenvalue weighted by molar-refractivity contribution is 9.10. The molecule has 1 aliphatic rings. The van der Waals surface area contributed by atoms with Gasteiger partial charge in [0.1, 0.15) is 5.82 Å². The van der Waals surface area contributed by atoms with Crippen molar-refractivity contribution in [2.45, 2.75) is 6.42 Å². The molecule has 0 unspecified atom stereocenters. The molecule has 1 heterocycles. The maximum atomic E-state index is 13.2. The van der Waals surface area contributed by atoms with Gasteiger partial charge in [0.05, 0.1) is 4.47 Å². The summed E-state index contributed by atoms with van der Waals surface area (Å²) in [6, 6.07) is 4.56. The van der Waals surface area contributed by atoms with Gasteiger partial charge in [-0.1, -0.05) is 0 Å². The van der Waals surface area contributed by atoms with Gasteiger partial charge in [-0.15, -0.1) is 0 Å². The Labute approximate surface area is 102 Å². The number of anilines is 1. The van der Waals surface area contributed by atoms with E-state index in [9.17, 15) is 9.18 Å². The molecule has 2 N–H and O–H groups in total. The second-order valence-electron chi connectivity index (χ2n) is 3.91. The number of nitrogens with one attached hydrogen (secondary N) is 2. The summed E-state index contributed by atoms with van der Waals surface area (Å²) < 4.78 is 13.6. The summed E-state index contributed by atoms with van der Waals surface area (Å²) in [4.78, 5) is 11.5. The fourth-order valence-corrected chi connectivity index (χ4v) is 1.79. The Morgan fingerprint density at radius 3 is 2.88 bits per heavy atom. The van der Waals surface area contributed by atoms with Crippen LogP contribution in [0.1, 0.15) is 6.42 Å². The number of amides is 1. The summed E-state index contributed by atoms with van der Waals surface area (Å²) in [5.74, 6) is -0.0170. The van der Waals surface area contributed by atoms with Gasteiger partial charge >= 0.3 is 0 Å². The van der Waals surface area contributed by atoms with E-state index in [1.54, 1.807) is 12.1 Å². The van der Waals surface area contributed by atoms with Crippen molar-refractivity contribution in [3.05, 3.63) is 28.5 Å². The highest BCUT2D eigenvalue weighted by Gasteiger charge is 2.20. The zero-order chi connectivity index (χ0) is 11.5. The molecule has 0 atom stereocenters. The summed E-state index contributed by atoms with van der Waals surface area (Å²) in [7, 11) is 0. The Balaban J connectivity index is 1.92. The van der Waals surface area contributed by atoms with Crippen molar-refractivity contribution in [3.63, 3.8) is 0 Å². The molecule has 5 heteroatoms. The minimum atomic E-state index is -0.372. The van der Waals surface area contributed by atoms with E-state index in [2.05, 4.69) is 26.6 Å². The monoisotopic (exact) mass is 286 g/mol. The summed E-state index contributed by atoms with van der Waals surface area (Å²) >= 11 is 3.06. The first kappa shape index (κ1) is 11.5. The third-order valence-electron chi connectivity index (χ3n) is 2.54. The van der Waals surface area contributed by atoms with Gasteiger partial charge in [0.15, 0.2) is 0 Å². The van der Waals surface area contributed by atoms with E-state index in [1.165, 1.54) is 6.07 Å². The van der Waals surface area contributed by atoms with Crippen LogP contribution in [0, 0.1) is 11.7 Å². The first-order chi connectivity index (χ1) is 7.65. The maximum Gasteiger partial charge on any atom is 0.224 e. The first-order valence-corrected chi connectivity index (χ1v) is 5.90. The molecule has 1 amide bonds. The van der Waals surface area contributed by atoms with Gasteiger partial charge in [0.25, 0.3) is 0 Å².